The van der Waals surface area contributed by atoms with E-state index in [-0.39, 0.29) is 17.7 Å². The maximum Gasteiger partial charge on any atom is 0.407 e. The quantitative estimate of drug-likeness (QED) is 0.453. The number of nitrogens with one attached hydrogen (secondary N) is 2. The SMILES string of the molecule is COc1cc(OCC2CC2)c(-c2ncnc3c(C(=O)NC4CCN(C(=O)O)CC4)c(C)[nH]c23)cc1F. The fourth-order valence-electron chi connectivity index (χ4n) is 4.56. The molecule has 11 heteroatoms. The Bertz CT molecular complexity index is 1310. The number of carbonyl (C=O) groups excluding carboxylic acids is 1. The maximum absolute atomic E-state index is 14.7. The number of benzene rings is 1. The largest absolute Gasteiger partial charge is 0.494 e. The molecule has 1 aliphatic heterocycles. The minimum Gasteiger partial charge on any atom is -0.494 e. The summed E-state index contributed by atoms with van der Waals surface area (Å²) in [6.45, 7) is 3.03. The average Bonchev–Trinajstić information content (AvgIpc) is 3.62. The number of H-pyrrole nitrogens is 1. The number of hydrogen-bond donors (Lipinski definition) is 3. The molecule has 2 amide bonds. The maximum atomic E-state index is 14.7. The number of likely N-dealkylation sites (tertiary alicyclic amines) is 1. The summed E-state index contributed by atoms with van der Waals surface area (Å²) in [5.74, 6) is 0.162. The molecule has 3 aromatic rings. The molecule has 0 atom stereocenters. The number of carbonyl (C=O) groups is 2. The molecule has 3 heterocycles. The molecular weight excluding hydrogens is 469 g/mol. The standard InChI is InChI=1S/C25H28FN5O5/c1-13-20(24(32)30-15-5-7-31(8-6-15)25(33)34)22-23(29-13)21(27-12-28-22)16-9-17(26)19(35-2)10-18(16)36-11-14-3-4-14/h9-10,12,14-15,29H,3-8,11H2,1-2H3,(H,30,32)(H,33,34). The number of carboxylic acid groups (broad SMARTS) is 1. The summed E-state index contributed by atoms with van der Waals surface area (Å²) in [5, 5.41) is 12.1. The summed E-state index contributed by atoms with van der Waals surface area (Å²) in [6.07, 6.45) is 3.68. The van der Waals surface area contributed by atoms with Gasteiger partial charge in [0, 0.05) is 36.5 Å². The molecule has 0 spiro atoms. The Hall–Kier alpha value is -3.89. The highest BCUT2D eigenvalue weighted by Gasteiger charge is 2.28. The van der Waals surface area contributed by atoms with Crippen molar-refractivity contribution in [3.8, 4) is 22.8 Å². The van der Waals surface area contributed by atoms with E-state index in [1.165, 1.54) is 30.5 Å². The average molecular weight is 498 g/mol. The predicted octanol–water partition coefficient (Wildman–Crippen LogP) is 3.74. The van der Waals surface area contributed by atoms with Gasteiger partial charge in [-0.15, -0.1) is 0 Å². The van der Waals surface area contributed by atoms with Crippen LogP contribution in [-0.2, 0) is 0 Å². The zero-order chi connectivity index (χ0) is 25.4. The smallest absolute Gasteiger partial charge is 0.407 e. The van der Waals surface area contributed by atoms with Gasteiger partial charge in [0.1, 0.15) is 23.3 Å². The molecule has 0 unspecified atom stereocenters. The first kappa shape index (κ1) is 23.8. The fourth-order valence-corrected chi connectivity index (χ4v) is 4.56. The lowest BCUT2D eigenvalue weighted by molar-refractivity contribution is 0.0908. The van der Waals surface area contributed by atoms with Gasteiger partial charge < -0.3 is 29.8 Å². The van der Waals surface area contributed by atoms with Crippen LogP contribution in [0.4, 0.5) is 9.18 Å². The van der Waals surface area contributed by atoms with Crippen LogP contribution in [0, 0.1) is 18.7 Å². The van der Waals surface area contributed by atoms with Crippen LogP contribution in [0.25, 0.3) is 22.3 Å². The van der Waals surface area contributed by atoms with E-state index in [4.69, 9.17) is 14.6 Å². The molecule has 1 saturated carbocycles. The Morgan fingerprint density at radius 3 is 2.61 bits per heavy atom. The number of rotatable bonds is 7. The zero-order valence-electron chi connectivity index (χ0n) is 20.1. The second-order valence-electron chi connectivity index (χ2n) is 9.33. The molecule has 5 rings (SSSR count). The number of nitrogens with zero attached hydrogens (tertiary/aromatic N) is 3. The first-order chi connectivity index (χ1) is 17.4. The van der Waals surface area contributed by atoms with Gasteiger partial charge in [0.05, 0.1) is 24.8 Å². The summed E-state index contributed by atoms with van der Waals surface area (Å²) in [7, 11) is 1.40. The van der Waals surface area contributed by atoms with Crippen LogP contribution in [0.15, 0.2) is 18.5 Å². The summed E-state index contributed by atoms with van der Waals surface area (Å²) in [4.78, 5) is 37.7. The van der Waals surface area contributed by atoms with Crippen molar-refractivity contribution < 1.29 is 28.6 Å². The molecule has 2 aromatic heterocycles. The molecule has 3 N–H and O–H groups in total. The van der Waals surface area contributed by atoms with Crippen molar-refractivity contribution >= 4 is 23.0 Å². The van der Waals surface area contributed by atoms with E-state index >= 15 is 0 Å². The van der Waals surface area contributed by atoms with E-state index < -0.39 is 11.9 Å². The molecule has 2 fully saturated rings. The number of methoxy groups -OCH3 is 1. The highest BCUT2D eigenvalue weighted by Crippen LogP contribution is 2.39. The molecule has 0 radical (unpaired) electrons. The second kappa shape index (κ2) is 9.63. The first-order valence-corrected chi connectivity index (χ1v) is 12.0. The molecule has 10 nitrogen and oxygen atoms in total. The Kier molecular flexibility index (Phi) is 6.38. The summed E-state index contributed by atoms with van der Waals surface area (Å²) in [6, 6.07) is 2.71. The zero-order valence-corrected chi connectivity index (χ0v) is 20.1. The highest BCUT2D eigenvalue weighted by atomic mass is 19.1. The van der Waals surface area contributed by atoms with Crippen LogP contribution in [0.5, 0.6) is 11.5 Å². The molecule has 1 aliphatic carbocycles. The molecule has 36 heavy (non-hydrogen) atoms. The third kappa shape index (κ3) is 4.65. The van der Waals surface area contributed by atoms with Crippen molar-refractivity contribution in [1.82, 2.24) is 25.2 Å². The predicted molar refractivity (Wildman–Crippen MR) is 129 cm³/mol. The number of halogens is 1. The lowest BCUT2D eigenvalue weighted by atomic mass is 10.0. The van der Waals surface area contributed by atoms with Crippen molar-refractivity contribution in [3.05, 3.63) is 35.5 Å². The Balaban J connectivity index is 1.46. The molecular formula is C25H28FN5O5. The van der Waals surface area contributed by atoms with E-state index in [2.05, 4.69) is 20.3 Å². The summed E-state index contributed by atoms with van der Waals surface area (Å²) in [5.41, 5.74) is 2.76. The van der Waals surface area contributed by atoms with Crippen LogP contribution in [0.3, 0.4) is 0 Å². The molecule has 2 aliphatic rings. The number of fused-ring (bicyclic) bond motifs is 1. The van der Waals surface area contributed by atoms with Crippen molar-refractivity contribution in [3.63, 3.8) is 0 Å². The van der Waals surface area contributed by atoms with Crippen molar-refractivity contribution in [2.75, 3.05) is 26.8 Å². The van der Waals surface area contributed by atoms with E-state index in [1.807, 2.05) is 0 Å². The normalized spacial score (nSPS) is 16.2. The van der Waals surface area contributed by atoms with Gasteiger partial charge in [-0.2, -0.15) is 0 Å². The fraction of sp³-hybridized carbons (Fsp3) is 0.440. The van der Waals surface area contributed by atoms with E-state index in [9.17, 15) is 14.0 Å². The van der Waals surface area contributed by atoms with Gasteiger partial charge in [-0.1, -0.05) is 0 Å². The number of amides is 2. The van der Waals surface area contributed by atoms with E-state index in [0.29, 0.717) is 77.8 Å². The van der Waals surface area contributed by atoms with Crippen LogP contribution >= 0.6 is 0 Å². The summed E-state index contributed by atoms with van der Waals surface area (Å²) < 4.78 is 25.9. The molecule has 0 bridgehead atoms. The molecule has 1 saturated heterocycles. The van der Waals surface area contributed by atoms with Gasteiger partial charge in [-0.25, -0.2) is 19.2 Å². The monoisotopic (exact) mass is 497 g/mol. The highest BCUT2D eigenvalue weighted by molar-refractivity contribution is 6.09. The number of ether oxygens (including phenoxy) is 2. The number of aryl methyl sites for hydroxylation is 1. The number of aromatic amines is 1. The number of aromatic nitrogens is 3. The van der Waals surface area contributed by atoms with Crippen LogP contribution in [0.1, 0.15) is 41.7 Å². The topological polar surface area (TPSA) is 130 Å². The van der Waals surface area contributed by atoms with Gasteiger partial charge in [0.15, 0.2) is 11.6 Å². The van der Waals surface area contributed by atoms with Gasteiger partial charge in [0.25, 0.3) is 5.91 Å². The van der Waals surface area contributed by atoms with Crippen LogP contribution < -0.4 is 14.8 Å². The second-order valence-corrected chi connectivity index (χ2v) is 9.33. The van der Waals surface area contributed by atoms with Crippen LogP contribution in [0.2, 0.25) is 0 Å². The number of hydrogen-bond acceptors (Lipinski definition) is 6. The minimum absolute atomic E-state index is 0.0755. The van der Waals surface area contributed by atoms with Crippen molar-refractivity contribution in [2.45, 2.75) is 38.6 Å². The Morgan fingerprint density at radius 2 is 1.94 bits per heavy atom. The number of piperidine rings is 1. The Labute approximate surface area is 206 Å². The summed E-state index contributed by atoms with van der Waals surface area (Å²) >= 11 is 0. The van der Waals surface area contributed by atoms with Gasteiger partial charge >= 0.3 is 6.09 Å². The van der Waals surface area contributed by atoms with Crippen molar-refractivity contribution in [2.24, 2.45) is 5.92 Å². The van der Waals surface area contributed by atoms with Crippen LogP contribution in [-0.4, -0.2) is 69.8 Å². The van der Waals surface area contributed by atoms with Crippen molar-refractivity contribution in [1.29, 1.82) is 0 Å². The lowest BCUT2D eigenvalue weighted by Gasteiger charge is -2.30. The Morgan fingerprint density at radius 1 is 1.19 bits per heavy atom. The minimum atomic E-state index is -0.952. The third-order valence-corrected chi connectivity index (χ3v) is 6.78. The molecule has 1 aromatic carbocycles. The lowest BCUT2D eigenvalue weighted by Crippen LogP contribution is -2.46. The van der Waals surface area contributed by atoms with Gasteiger partial charge in [0.2, 0.25) is 0 Å². The molecule has 190 valence electrons. The van der Waals surface area contributed by atoms with Gasteiger partial charge in [-0.3, -0.25) is 4.79 Å². The first-order valence-electron chi connectivity index (χ1n) is 12.0. The van der Waals surface area contributed by atoms with E-state index in [1.54, 1.807) is 6.92 Å². The van der Waals surface area contributed by atoms with E-state index in [0.717, 1.165) is 12.8 Å². The van der Waals surface area contributed by atoms with Gasteiger partial charge in [-0.05, 0) is 44.6 Å². The third-order valence-electron chi connectivity index (χ3n) is 6.78.